The summed E-state index contributed by atoms with van der Waals surface area (Å²) in [5.41, 5.74) is 1.35. The molecule has 0 aliphatic rings. The van der Waals surface area contributed by atoms with Gasteiger partial charge in [0.2, 0.25) is 0 Å². The first-order valence-electron chi connectivity index (χ1n) is 6.46. The molecule has 9 heteroatoms. The number of hydrogen-bond donors (Lipinski definition) is 0. The Labute approximate surface area is 129 Å². The van der Waals surface area contributed by atoms with Gasteiger partial charge in [0.15, 0.2) is 0 Å². The molecule has 114 valence electrons. The fourth-order valence-electron chi connectivity index (χ4n) is 1.87. The van der Waals surface area contributed by atoms with Crippen LogP contribution >= 0.6 is 0 Å². The summed E-state index contributed by atoms with van der Waals surface area (Å²) in [6.45, 7) is 0. The van der Waals surface area contributed by atoms with E-state index in [0.29, 0.717) is 5.69 Å². The Bertz CT molecular complexity index is 859. The lowest BCUT2D eigenvalue weighted by atomic mass is 10.2. The van der Waals surface area contributed by atoms with Gasteiger partial charge in [0.05, 0.1) is 16.3 Å². The number of tetrazole rings is 1. The molecule has 3 aromatic rings. The Morgan fingerprint density at radius 2 is 1.96 bits per heavy atom. The van der Waals surface area contributed by atoms with Crippen molar-refractivity contribution in [3.05, 3.63) is 64.5 Å². The third-order valence-electron chi connectivity index (χ3n) is 3.02. The highest BCUT2D eigenvalue weighted by atomic mass is 16.6. The molecule has 0 bridgehead atoms. The third-order valence-corrected chi connectivity index (χ3v) is 3.02. The van der Waals surface area contributed by atoms with Gasteiger partial charge in [-0.1, -0.05) is 11.8 Å². The molecule has 0 saturated carbocycles. The first-order chi connectivity index (χ1) is 11.1. The Hall–Kier alpha value is -3.62. The van der Waals surface area contributed by atoms with Crippen LogP contribution in [0.3, 0.4) is 0 Å². The van der Waals surface area contributed by atoms with E-state index < -0.39 is 4.92 Å². The van der Waals surface area contributed by atoms with Gasteiger partial charge in [0, 0.05) is 18.3 Å². The van der Waals surface area contributed by atoms with E-state index in [1.807, 2.05) is 0 Å². The first-order valence-corrected chi connectivity index (χ1v) is 6.46. The largest absolute Gasteiger partial charge is 0.872 e. The van der Waals surface area contributed by atoms with Gasteiger partial charge in [-0.2, -0.15) is 0 Å². The Morgan fingerprint density at radius 3 is 2.61 bits per heavy atom. The van der Waals surface area contributed by atoms with E-state index in [4.69, 9.17) is 0 Å². The maximum Gasteiger partial charge on any atom is 0.270 e. The molecular formula is C14H9N6O3-. The number of rotatable bonds is 4. The summed E-state index contributed by atoms with van der Waals surface area (Å²) >= 11 is 0. The van der Waals surface area contributed by atoms with Crippen molar-refractivity contribution < 1.29 is 10.0 Å². The lowest BCUT2D eigenvalue weighted by Crippen LogP contribution is -1.98. The normalized spacial score (nSPS) is 11.0. The van der Waals surface area contributed by atoms with Crippen molar-refractivity contribution >= 4 is 17.6 Å². The van der Waals surface area contributed by atoms with Crippen molar-refractivity contribution in [2.75, 3.05) is 0 Å². The highest BCUT2D eigenvalue weighted by Crippen LogP contribution is 2.21. The molecule has 0 radical (unpaired) electrons. The summed E-state index contributed by atoms with van der Waals surface area (Å²) in [7, 11) is 0. The molecule has 0 fully saturated rings. The zero-order valence-electron chi connectivity index (χ0n) is 11.6. The van der Waals surface area contributed by atoms with Crippen LogP contribution in [-0.4, -0.2) is 31.3 Å². The van der Waals surface area contributed by atoms with Gasteiger partial charge < -0.3 is 5.11 Å². The second-order valence-corrected chi connectivity index (χ2v) is 4.51. The lowest BCUT2D eigenvalue weighted by Gasteiger charge is -2.08. The molecule has 0 spiro atoms. The van der Waals surface area contributed by atoms with Crippen LogP contribution < -0.4 is 5.11 Å². The summed E-state index contributed by atoms with van der Waals surface area (Å²) in [6.07, 6.45) is 2.77. The fraction of sp³-hybridized carbons (Fsp3) is 0. The number of nitro benzene ring substituents is 1. The number of aliphatic imine (C=N–C) groups is 1. The zero-order chi connectivity index (χ0) is 16.2. The predicted molar refractivity (Wildman–Crippen MR) is 79.0 cm³/mol. The van der Waals surface area contributed by atoms with Crippen LogP contribution in [0.1, 0.15) is 5.56 Å². The molecule has 0 amide bonds. The number of non-ortho nitro benzene ring substituents is 1. The van der Waals surface area contributed by atoms with Crippen molar-refractivity contribution in [3.8, 4) is 11.4 Å². The van der Waals surface area contributed by atoms with Crippen LogP contribution in [-0.2, 0) is 0 Å². The van der Waals surface area contributed by atoms with Gasteiger partial charge in [0.25, 0.3) is 5.69 Å². The molecule has 2 aromatic carbocycles. The Kier molecular flexibility index (Phi) is 3.75. The van der Waals surface area contributed by atoms with E-state index in [1.54, 1.807) is 24.3 Å². The van der Waals surface area contributed by atoms with Gasteiger partial charge in [-0.25, -0.2) is 4.68 Å². The smallest absolute Gasteiger partial charge is 0.270 e. The molecule has 9 nitrogen and oxygen atoms in total. The van der Waals surface area contributed by atoms with Gasteiger partial charge in [-0.15, -0.1) is 5.10 Å². The van der Waals surface area contributed by atoms with E-state index in [0.717, 1.165) is 11.8 Å². The van der Waals surface area contributed by atoms with Crippen LogP contribution in [0, 0.1) is 10.1 Å². The molecule has 0 saturated heterocycles. The minimum Gasteiger partial charge on any atom is -0.872 e. The molecule has 1 heterocycles. The quantitative estimate of drug-likeness (QED) is 0.408. The van der Waals surface area contributed by atoms with E-state index in [9.17, 15) is 15.2 Å². The number of hydrogen-bond acceptors (Lipinski definition) is 7. The number of nitro groups is 1. The molecule has 0 aliphatic carbocycles. The Balaban J connectivity index is 1.83. The molecule has 0 N–H and O–H groups in total. The van der Waals surface area contributed by atoms with Crippen molar-refractivity contribution in [3.63, 3.8) is 0 Å². The lowest BCUT2D eigenvalue weighted by molar-refractivity contribution is -0.385. The molecule has 3 rings (SSSR count). The van der Waals surface area contributed by atoms with Gasteiger partial charge in [-0.3, -0.25) is 15.1 Å². The molecular weight excluding hydrogens is 300 g/mol. The van der Waals surface area contributed by atoms with E-state index in [1.165, 1.54) is 29.4 Å². The molecule has 0 unspecified atom stereocenters. The number of benzene rings is 2. The first kappa shape index (κ1) is 14.3. The van der Waals surface area contributed by atoms with Gasteiger partial charge >= 0.3 is 0 Å². The van der Waals surface area contributed by atoms with Crippen LogP contribution in [0.25, 0.3) is 5.69 Å². The SMILES string of the molecule is O=[N+]([O-])c1ccc([O-])c(C=Nc2ccc(-n3cnnn3)cc2)c1. The van der Waals surface area contributed by atoms with Crippen LogP contribution in [0.4, 0.5) is 11.4 Å². The van der Waals surface area contributed by atoms with Crippen molar-refractivity contribution in [1.29, 1.82) is 0 Å². The van der Waals surface area contributed by atoms with Crippen LogP contribution in [0.15, 0.2) is 53.8 Å². The van der Waals surface area contributed by atoms with Gasteiger partial charge in [0.1, 0.15) is 6.33 Å². The fourth-order valence-corrected chi connectivity index (χ4v) is 1.87. The van der Waals surface area contributed by atoms with Crippen LogP contribution in [0.5, 0.6) is 5.75 Å². The van der Waals surface area contributed by atoms with Crippen molar-refractivity contribution in [2.45, 2.75) is 0 Å². The summed E-state index contributed by atoms with van der Waals surface area (Å²) < 4.78 is 1.49. The minimum absolute atomic E-state index is 0.153. The van der Waals surface area contributed by atoms with Crippen LogP contribution in [0.2, 0.25) is 0 Å². The van der Waals surface area contributed by atoms with E-state index in [-0.39, 0.29) is 17.0 Å². The predicted octanol–water partition coefficient (Wildman–Crippen LogP) is 1.39. The monoisotopic (exact) mass is 309 g/mol. The third kappa shape index (κ3) is 3.18. The minimum atomic E-state index is -0.558. The second kappa shape index (κ2) is 6.02. The molecule has 0 aliphatic heterocycles. The highest BCUT2D eigenvalue weighted by Gasteiger charge is 2.05. The maximum atomic E-state index is 11.7. The summed E-state index contributed by atoms with van der Waals surface area (Å²) in [5.74, 6) is -0.329. The van der Waals surface area contributed by atoms with E-state index in [2.05, 4.69) is 20.5 Å². The Morgan fingerprint density at radius 1 is 1.17 bits per heavy atom. The molecule has 0 atom stereocenters. The van der Waals surface area contributed by atoms with Gasteiger partial charge in [-0.05, 0) is 40.3 Å². The van der Waals surface area contributed by atoms with Crippen molar-refractivity contribution in [2.24, 2.45) is 4.99 Å². The maximum absolute atomic E-state index is 11.7. The zero-order valence-corrected chi connectivity index (χ0v) is 11.6. The summed E-state index contributed by atoms with van der Waals surface area (Å²) in [4.78, 5) is 14.3. The second-order valence-electron chi connectivity index (χ2n) is 4.51. The molecule has 1 aromatic heterocycles. The summed E-state index contributed by atoms with van der Waals surface area (Å²) in [5, 5.41) is 33.3. The summed E-state index contributed by atoms with van der Waals surface area (Å²) in [6, 6.07) is 10.5. The highest BCUT2D eigenvalue weighted by molar-refractivity contribution is 5.86. The average Bonchev–Trinajstić information content (AvgIpc) is 3.09. The number of aromatic nitrogens is 4. The average molecular weight is 309 g/mol. The molecule has 23 heavy (non-hydrogen) atoms. The topological polar surface area (TPSA) is 122 Å². The van der Waals surface area contributed by atoms with E-state index >= 15 is 0 Å². The van der Waals surface area contributed by atoms with Crippen molar-refractivity contribution in [1.82, 2.24) is 20.2 Å². The number of nitrogens with zero attached hydrogens (tertiary/aromatic N) is 6. The standard InChI is InChI=1S/C14H10N6O3/c21-14-6-5-13(20(22)23)7-10(14)8-15-11-1-3-12(4-2-11)19-9-16-17-18-19/h1-9,21H/p-1.